The van der Waals surface area contributed by atoms with Crippen molar-refractivity contribution >= 4 is 44.2 Å². The molecule has 4 nitrogen and oxygen atoms in total. The van der Waals surface area contributed by atoms with Crippen LogP contribution in [0.3, 0.4) is 0 Å². The van der Waals surface area contributed by atoms with Crippen molar-refractivity contribution in [2.75, 3.05) is 4.31 Å². The van der Waals surface area contributed by atoms with Crippen molar-refractivity contribution in [3.8, 4) is 0 Å². The summed E-state index contributed by atoms with van der Waals surface area (Å²) in [6.07, 6.45) is 0. The number of halogens is 2. The van der Waals surface area contributed by atoms with Crippen LogP contribution in [0.5, 0.6) is 0 Å². The molecule has 0 heterocycles. The predicted octanol–water partition coefficient (Wildman–Crippen LogP) is 4.31. The number of aryl methyl sites for hydroxylation is 1. The van der Waals surface area contributed by atoms with Crippen LogP contribution < -0.4 is 4.31 Å². The van der Waals surface area contributed by atoms with Crippen molar-refractivity contribution in [2.24, 2.45) is 0 Å². The van der Waals surface area contributed by atoms with E-state index in [2.05, 4.69) is 0 Å². The fourth-order valence-electron chi connectivity index (χ4n) is 2.30. The van der Waals surface area contributed by atoms with Gasteiger partial charge in [0.1, 0.15) is 6.04 Å². The van der Waals surface area contributed by atoms with Gasteiger partial charge in [0.05, 0.1) is 10.6 Å². The van der Waals surface area contributed by atoms with Gasteiger partial charge in [0.25, 0.3) is 10.0 Å². The van der Waals surface area contributed by atoms with Crippen LogP contribution in [0.2, 0.25) is 5.02 Å². The van der Waals surface area contributed by atoms with Gasteiger partial charge in [-0.2, -0.15) is 0 Å². The number of hydrogen-bond acceptors (Lipinski definition) is 3. The monoisotopic (exact) mass is 385 g/mol. The minimum atomic E-state index is -3.98. The Morgan fingerprint density at radius 3 is 2.21 bits per heavy atom. The number of hydrogen-bond donors (Lipinski definition) is 0. The molecule has 2 aromatic rings. The molecule has 24 heavy (non-hydrogen) atoms. The summed E-state index contributed by atoms with van der Waals surface area (Å²) in [6.45, 7) is 5.00. The summed E-state index contributed by atoms with van der Waals surface area (Å²) in [6, 6.07) is 10.2. The van der Waals surface area contributed by atoms with Gasteiger partial charge in [-0.1, -0.05) is 35.4 Å². The molecule has 0 saturated heterocycles. The van der Waals surface area contributed by atoms with Gasteiger partial charge in [-0.3, -0.25) is 9.10 Å². The number of carbonyl (C=O) groups is 1. The van der Waals surface area contributed by atoms with Crippen LogP contribution >= 0.6 is 23.2 Å². The largest absolute Gasteiger partial charge is 0.279 e. The molecule has 7 heteroatoms. The first-order valence-electron chi connectivity index (χ1n) is 7.22. The second kappa shape index (κ2) is 7.13. The second-order valence-electron chi connectivity index (χ2n) is 5.48. The zero-order valence-corrected chi connectivity index (χ0v) is 15.8. The van der Waals surface area contributed by atoms with Gasteiger partial charge in [0.2, 0.25) is 5.24 Å². The van der Waals surface area contributed by atoms with E-state index < -0.39 is 21.3 Å². The van der Waals surface area contributed by atoms with E-state index in [1.807, 2.05) is 6.92 Å². The maximum atomic E-state index is 13.1. The minimum absolute atomic E-state index is 0.0808. The quantitative estimate of drug-likeness (QED) is 0.720. The Hall–Kier alpha value is -1.56. The number of anilines is 1. The molecule has 0 radical (unpaired) electrons. The first-order chi connectivity index (χ1) is 11.2. The Bertz CT molecular complexity index is 864. The van der Waals surface area contributed by atoms with Gasteiger partial charge in [-0.25, -0.2) is 8.42 Å². The third-order valence-corrected chi connectivity index (χ3v) is 6.36. The highest BCUT2D eigenvalue weighted by Crippen LogP contribution is 2.33. The summed E-state index contributed by atoms with van der Waals surface area (Å²) in [5.74, 6) is 0. The standard InChI is InChI=1S/C17H17Cl2NO3S/c1-11-7-9-14(10-8-11)24(22,23)20(13(3)17(19)21)16-6-4-5-15(18)12(16)2/h4-10,13H,1-3H3. The van der Waals surface area contributed by atoms with Gasteiger partial charge in [-0.05, 0) is 62.2 Å². The highest BCUT2D eigenvalue weighted by molar-refractivity contribution is 7.93. The van der Waals surface area contributed by atoms with Crippen LogP contribution in [-0.4, -0.2) is 19.7 Å². The lowest BCUT2D eigenvalue weighted by atomic mass is 10.2. The van der Waals surface area contributed by atoms with Crippen molar-refractivity contribution in [1.29, 1.82) is 0 Å². The minimum Gasteiger partial charge on any atom is -0.279 e. The lowest BCUT2D eigenvalue weighted by Crippen LogP contribution is -2.42. The molecule has 0 aliphatic carbocycles. The van der Waals surface area contributed by atoms with Crippen molar-refractivity contribution < 1.29 is 13.2 Å². The highest BCUT2D eigenvalue weighted by Gasteiger charge is 2.33. The Morgan fingerprint density at radius 1 is 1.08 bits per heavy atom. The molecule has 128 valence electrons. The molecule has 0 bridgehead atoms. The summed E-state index contributed by atoms with van der Waals surface area (Å²) in [4.78, 5) is 11.8. The summed E-state index contributed by atoms with van der Waals surface area (Å²) in [5, 5.41) is -0.365. The Balaban J connectivity index is 2.69. The molecule has 0 saturated carbocycles. The molecule has 2 aromatic carbocycles. The van der Waals surface area contributed by atoms with Crippen LogP contribution in [0.25, 0.3) is 0 Å². The molecule has 1 atom stereocenters. The Morgan fingerprint density at radius 2 is 1.67 bits per heavy atom. The normalized spacial score (nSPS) is 12.7. The fraction of sp³-hybridized carbons (Fsp3) is 0.235. The molecule has 0 spiro atoms. The molecular weight excluding hydrogens is 369 g/mol. The van der Waals surface area contributed by atoms with Crippen molar-refractivity contribution in [3.05, 3.63) is 58.6 Å². The molecule has 1 unspecified atom stereocenters. The van der Waals surface area contributed by atoms with E-state index in [1.165, 1.54) is 19.1 Å². The topological polar surface area (TPSA) is 54.5 Å². The summed E-state index contributed by atoms with van der Waals surface area (Å²) in [5.41, 5.74) is 1.81. The van der Waals surface area contributed by atoms with Crippen molar-refractivity contribution in [2.45, 2.75) is 31.7 Å². The summed E-state index contributed by atoms with van der Waals surface area (Å²) >= 11 is 11.7. The molecule has 0 amide bonds. The van der Waals surface area contributed by atoms with E-state index in [-0.39, 0.29) is 4.90 Å². The van der Waals surface area contributed by atoms with Gasteiger partial charge in [-0.15, -0.1) is 0 Å². The smallest absolute Gasteiger partial charge is 0.265 e. The van der Waals surface area contributed by atoms with Crippen LogP contribution in [-0.2, 0) is 14.8 Å². The van der Waals surface area contributed by atoms with Crippen LogP contribution in [0.1, 0.15) is 18.1 Å². The lowest BCUT2D eigenvalue weighted by molar-refractivity contribution is -0.112. The predicted molar refractivity (Wildman–Crippen MR) is 97.4 cm³/mol. The fourth-order valence-corrected chi connectivity index (χ4v) is 4.30. The molecule has 2 rings (SSSR count). The number of carbonyl (C=O) groups excluding carboxylic acids is 1. The van der Waals surface area contributed by atoms with Gasteiger partial charge < -0.3 is 0 Å². The maximum Gasteiger partial charge on any atom is 0.265 e. The van der Waals surface area contributed by atoms with E-state index in [0.29, 0.717) is 16.3 Å². The zero-order chi connectivity index (χ0) is 18.1. The molecule has 0 fully saturated rings. The second-order valence-corrected chi connectivity index (χ2v) is 8.07. The lowest BCUT2D eigenvalue weighted by Gasteiger charge is -2.30. The third kappa shape index (κ3) is 3.58. The highest BCUT2D eigenvalue weighted by atomic mass is 35.5. The van der Waals surface area contributed by atoms with Crippen molar-refractivity contribution in [3.63, 3.8) is 0 Å². The van der Waals surface area contributed by atoms with Gasteiger partial charge in [0, 0.05) is 5.02 Å². The van der Waals surface area contributed by atoms with E-state index in [4.69, 9.17) is 23.2 Å². The SMILES string of the molecule is Cc1ccc(S(=O)(=O)N(c2cccc(Cl)c2C)C(C)C(=O)Cl)cc1. The van der Waals surface area contributed by atoms with E-state index in [0.717, 1.165) is 9.87 Å². The first kappa shape index (κ1) is 18.8. The number of nitrogens with zero attached hydrogens (tertiary/aromatic N) is 1. The van der Waals surface area contributed by atoms with Gasteiger partial charge in [0.15, 0.2) is 0 Å². The van der Waals surface area contributed by atoms with Crippen molar-refractivity contribution in [1.82, 2.24) is 0 Å². The molecule has 0 N–H and O–H groups in total. The summed E-state index contributed by atoms with van der Waals surface area (Å²) in [7, 11) is -3.98. The zero-order valence-electron chi connectivity index (χ0n) is 13.5. The Kier molecular flexibility index (Phi) is 5.58. The van der Waals surface area contributed by atoms with Crippen LogP contribution in [0.15, 0.2) is 47.4 Å². The van der Waals surface area contributed by atoms with Crippen LogP contribution in [0, 0.1) is 13.8 Å². The van der Waals surface area contributed by atoms with Gasteiger partial charge >= 0.3 is 0 Å². The average Bonchev–Trinajstić information content (AvgIpc) is 2.51. The summed E-state index contributed by atoms with van der Waals surface area (Å²) < 4.78 is 27.3. The Labute approximate surface area is 152 Å². The molecule has 0 aliphatic heterocycles. The number of benzene rings is 2. The van der Waals surface area contributed by atoms with E-state index >= 15 is 0 Å². The van der Waals surface area contributed by atoms with E-state index in [1.54, 1.807) is 37.3 Å². The average molecular weight is 386 g/mol. The molecule has 0 aliphatic rings. The number of sulfonamides is 1. The van der Waals surface area contributed by atoms with E-state index in [9.17, 15) is 13.2 Å². The van der Waals surface area contributed by atoms with Crippen LogP contribution in [0.4, 0.5) is 5.69 Å². The third-order valence-electron chi connectivity index (χ3n) is 3.73. The first-order valence-corrected chi connectivity index (χ1v) is 9.41. The molecular formula is C17H17Cl2NO3S. The molecule has 0 aromatic heterocycles. The number of rotatable bonds is 5. The maximum absolute atomic E-state index is 13.1.